The first-order valence-electron chi connectivity index (χ1n) is 9.67. The van der Waals surface area contributed by atoms with Crippen molar-refractivity contribution in [1.82, 2.24) is 4.98 Å². The summed E-state index contributed by atoms with van der Waals surface area (Å²) in [6, 6.07) is 15.7. The number of furan rings is 1. The molecule has 1 unspecified atom stereocenters. The summed E-state index contributed by atoms with van der Waals surface area (Å²) in [5, 5.41) is 11.4. The predicted octanol–water partition coefficient (Wildman–Crippen LogP) is 5.63. The van der Waals surface area contributed by atoms with Gasteiger partial charge >= 0.3 is 0 Å². The molecule has 1 atom stereocenters. The zero-order chi connectivity index (χ0) is 23.9. The number of hydrogen-bond donors (Lipinski definition) is 2. The second-order valence-corrected chi connectivity index (χ2v) is 9.27. The lowest BCUT2D eigenvalue weighted by molar-refractivity contribution is 0.0462. The molecule has 0 fully saturated rings. The van der Waals surface area contributed by atoms with Crippen molar-refractivity contribution in [1.29, 1.82) is 0 Å². The van der Waals surface area contributed by atoms with Crippen LogP contribution in [-0.4, -0.2) is 30.2 Å². The number of Topliss-reactive ketones (excluding diaryl/α,β-unsaturated/α-hetero) is 1. The number of carbonyl (C=O) groups is 1. The van der Waals surface area contributed by atoms with Crippen molar-refractivity contribution in [3.8, 4) is 22.4 Å². The number of nitrogens with one attached hydrogen (secondary N) is 1. The van der Waals surface area contributed by atoms with E-state index in [1.54, 1.807) is 54.6 Å². The summed E-state index contributed by atoms with van der Waals surface area (Å²) >= 11 is 9.72. The van der Waals surface area contributed by atoms with Gasteiger partial charge in [-0.15, -0.1) is 0 Å². The molecule has 0 bridgehead atoms. The molecule has 10 heteroatoms. The molecule has 0 aliphatic heterocycles. The minimum absolute atomic E-state index is 0.00295. The zero-order valence-corrected chi connectivity index (χ0v) is 19.7. The van der Waals surface area contributed by atoms with Crippen LogP contribution in [-0.2, 0) is 11.3 Å². The summed E-state index contributed by atoms with van der Waals surface area (Å²) in [7, 11) is 0. The minimum Gasteiger partial charge on any atom is -0.755 e. The number of benzene rings is 2. The lowest BCUT2D eigenvalue weighted by atomic mass is 9.97. The number of fused-ring (bicyclic) bond motifs is 1. The van der Waals surface area contributed by atoms with Crippen LogP contribution in [0.5, 0.6) is 0 Å². The van der Waals surface area contributed by atoms with Gasteiger partial charge in [-0.2, -0.15) is 0 Å². The van der Waals surface area contributed by atoms with Crippen molar-refractivity contribution in [3.05, 3.63) is 70.4 Å². The Kier molecular flexibility index (Phi) is 6.30. The molecule has 33 heavy (non-hydrogen) atoms. The summed E-state index contributed by atoms with van der Waals surface area (Å²) in [6.07, 6.45) is 0. The average molecular weight is 504 g/mol. The predicted molar refractivity (Wildman–Crippen MR) is 128 cm³/mol. The maximum absolute atomic E-state index is 12.8. The molecule has 0 saturated carbocycles. The Morgan fingerprint density at radius 2 is 1.79 bits per heavy atom. The molecule has 170 valence electrons. The Bertz CT molecular complexity index is 1390. The topological polar surface area (TPSA) is 115 Å². The summed E-state index contributed by atoms with van der Waals surface area (Å²) in [6.45, 7) is 2.56. The lowest BCUT2D eigenvalue weighted by Crippen LogP contribution is -2.31. The molecule has 0 aliphatic carbocycles. The van der Waals surface area contributed by atoms with Crippen LogP contribution in [0.3, 0.4) is 0 Å². The van der Waals surface area contributed by atoms with Gasteiger partial charge in [-0.1, -0.05) is 53.5 Å². The van der Waals surface area contributed by atoms with Gasteiger partial charge < -0.3 is 18.8 Å². The summed E-state index contributed by atoms with van der Waals surface area (Å²) < 4.78 is 30.9. The smallest absolute Gasteiger partial charge is 0.231 e. The number of ketones is 1. The normalized spacial score (nSPS) is 12.7. The molecule has 4 rings (SSSR count). The van der Waals surface area contributed by atoms with Crippen molar-refractivity contribution in [3.63, 3.8) is 0 Å². The van der Waals surface area contributed by atoms with Gasteiger partial charge in [-0.25, -0.2) is 4.98 Å². The number of carbonyl (C=O) groups excluding carboxylic acids is 1. The standard InChI is InChI=1S/C23H18Cl2N2O5S/c1-23(2,29)21(28)20-19(27-33(30)31)16-11-15(12-7-9-13(24)10-8-12)18(26-22(16)32-20)14-5-3-4-6-17(14)25/h3-11,27,29H,1-2H3,(H,30,31)/p-1. The first-order chi connectivity index (χ1) is 15.6. The fourth-order valence-electron chi connectivity index (χ4n) is 3.35. The van der Waals surface area contributed by atoms with Crippen LogP contribution in [0.25, 0.3) is 33.5 Å². The Balaban J connectivity index is 2.08. The van der Waals surface area contributed by atoms with Crippen molar-refractivity contribution >= 4 is 57.0 Å². The van der Waals surface area contributed by atoms with Crippen molar-refractivity contribution in [2.24, 2.45) is 0 Å². The maximum Gasteiger partial charge on any atom is 0.231 e. The van der Waals surface area contributed by atoms with Gasteiger partial charge in [0.2, 0.25) is 11.5 Å². The van der Waals surface area contributed by atoms with E-state index in [1.165, 1.54) is 13.8 Å². The van der Waals surface area contributed by atoms with E-state index in [2.05, 4.69) is 9.71 Å². The molecule has 0 radical (unpaired) electrons. The van der Waals surface area contributed by atoms with Crippen molar-refractivity contribution < 1.29 is 23.1 Å². The molecule has 4 aromatic rings. The molecule has 2 heterocycles. The quantitative estimate of drug-likeness (QED) is 0.260. The van der Waals surface area contributed by atoms with Gasteiger partial charge in [-0.3, -0.25) is 9.00 Å². The van der Waals surface area contributed by atoms with Gasteiger partial charge in [0.25, 0.3) is 0 Å². The largest absolute Gasteiger partial charge is 0.755 e. The SMILES string of the molecule is CC(C)(O)C(=O)c1oc2nc(-c3ccccc3Cl)c(-c3ccc(Cl)cc3)cc2c1NS(=O)[O-]. The van der Waals surface area contributed by atoms with Crippen LogP contribution in [0.15, 0.2) is 59.0 Å². The number of rotatable bonds is 6. The number of nitrogens with zero attached hydrogens (tertiary/aromatic N) is 1. The summed E-state index contributed by atoms with van der Waals surface area (Å²) in [5.41, 5.74) is 0.492. The van der Waals surface area contributed by atoms with E-state index in [1.807, 2.05) is 0 Å². The lowest BCUT2D eigenvalue weighted by Gasteiger charge is -2.15. The van der Waals surface area contributed by atoms with Crippen LogP contribution in [0.2, 0.25) is 10.0 Å². The van der Waals surface area contributed by atoms with E-state index >= 15 is 0 Å². The van der Waals surface area contributed by atoms with E-state index in [0.29, 0.717) is 26.9 Å². The van der Waals surface area contributed by atoms with Crippen LogP contribution < -0.4 is 4.72 Å². The number of aromatic nitrogens is 1. The van der Waals surface area contributed by atoms with E-state index in [4.69, 9.17) is 27.6 Å². The first-order valence-corrected chi connectivity index (χ1v) is 11.5. The molecular formula is C23H17Cl2N2O5S-. The molecule has 7 nitrogen and oxygen atoms in total. The molecule has 2 N–H and O–H groups in total. The number of hydrogen-bond acceptors (Lipinski definition) is 6. The molecule has 0 spiro atoms. The van der Waals surface area contributed by atoms with Crippen LogP contribution in [0, 0.1) is 0 Å². The van der Waals surface area contributed by atoms with E-state index in [-0.39, 0.29) is 22.5 Å². The fraction of sp³-hybridized carbons (Fsp3) is 0.130. The van der Waals surface area contributed by atoms with E-state index in [0.717, 1.165) is 5.56 Å². The second kappa shape index (κ2) is 8.89. The van der Waals surface area contributed by atoms with Gasteiger partial charge in [0.05, 0.1) is 11.1 Å². The summed E-state index contributed by atoms with van der Waals surface area (Å²) in [5.74, 6) is -1.16. The molecule has 0 aliphatic rings. The Labute approximate surface area is 201 Å². The van der Waals surface area contributed by atoms with Crippen LogP contribution in [0.4, 0.5) is 5.69 Å². The van der Waals surface area contributed by atoms with Gasteiger partial charge in [-0.05, 0) is 43.7 Å². The van der Waals surface area contributed by atoms with Gasteiger partial charge in [0.15, 0.2) is 5.76 Å². The van der Waals surface area contributed by atoms with E-state index < -0.39 is 22.7 Å². The van der Waals surface area contributed by atoms with Gasteiger partial charge in [0, 0.05) is 32.4 Å². The Morgan fingerprint density at radius 1 is 1.12 bits per heavy atom. The van der Waals surface area contributed by atoms with Crippen LogP contribution >= 0.6 is 23.2 Å². The zero-order valence-electron chi connectivity index (χ0n) is 17.4. The highest BCUT2D eigenvalue weighted by atomic mass is 35.5. The van der Waals surface area contributed by atoms with Crippen LogP contribution in [0.1, 0.15) is 24.4 Å². The fourth-order valence-corrected chi connectivity index (χ4v) is 4.07. The summed E-state index contributed by atoms with van der Waals surface area (Å²) in [4.78, 5) is 17.4. The molecule has 0 amide bonds. The average Bonchev–Trinajstić information content (AvgIpc) is 3.09. The van der Waals surface area contributed by atoms with Gasteiger partial charge in [0.1, 0.15) is 11.3 Å². The molecule has 2 aromatic heterocycles. The number of aliphatic hydroxyl groups is 1. The third-order valence-electron chi connectivity index (χ3n) is 4.91. The Hall–Kier alpha value is -2.75. The highest BCUT2D eigenvalue weighted by Crippen LogP contribution is 2.41. The first kappa shape index (κ1) is 23.4. The molecule has 2 aromatic carbocycles. The number of halogens is 2. The van der Waals surface area contributed by atoms with Crippen molar-refractivity contribution in [2.45, 2.75) is 19.4 Å². The third-order valence-corrected chi connectivity index (χ3v) is 5.87. The third kappa shape index (κ3) is 4.66. The molecular weight excluding hydrogens is 487 g/mol. The molecule has 0 saturated heterocycles. The Morgan fingerprint density at radius 3 is 2.39 bits per heavy atom. The van der Waals surface area contributed by atoms with Crippen molar-refractivity contribution in [2.75, 3.05) is 4.72 Å². The highest BCUT2D eigenvalue weighted by Gasteiger charge is 2.33. The maximum atomic E-state index is 12.8. The number of anilines is 1. The minimum atomic E-state index is -2.76. The van der Waals surface area contributed by atoms with E-state index in [9.17, 15) is 18.7 Å². The monoisotopic (exact) mass is 503 g/mol. The second-order valence-electron chi connectivity index (χ2n) is 7.76. The highest BCUT2D eigenvalue weighted by molar-refractivity contribution is 7.80. The number of pyridine rings is 1.